The summed E-state index contributed by atoms with van der Waals surface area (Å²) in [5, 5.41) is 11.9. The van der Waals surface area contributed by atoms with Crippen LogP contribution in [-0.2, 0) is 6.54 Å². The van der Waals surface area contributed by atoms with E-state index in [0.29, 0.717) is 6.54 Å². The average Bonchev–Trinajstić information content (AvgIpc) is 2.54. The highest BCUT2D eigenvalue weighted by Crippen LogP contribution is 2.22. The maximum atomic E-state index is 8.86. The highest BCUT2D eigenvalue weighted by atomic mass is 16.5. The van der Waals surface area contributed by atoms with Crippen molar-refractivity contribution < 1.29 is 9.94 Å². The Kier molecular flexibility index (Phi) is 4.66. The Balaban J connectivity index is 2.25. The van der Waals surface area contributed by atoms with Crippen LogP contribution in [0, 0.1) is 0 Å². The molecule has 2 rings (SSSR count). The van der Waals surface area contributed by atoms with Gasteiger partial charge in [-0.05, 0) is 17.7 Å². The summed E-state index contributed by atoms with van der Waals surface area (Å²) in [5.41, 5.74) is 8.46. The number of methoxy groups -OCH3 is 1. The van der Waals surface area contributed by atoms with E-state index in [-0.39, 0.29) is 5.84 Å². The number of hydrogen-bond donors (Lipinski definition) is 2. The Morgan fingerprint density at radius 3 is 2.71 bits per heavy atom. The summed E-state index contributed by atoms with van der Waals surface area (Å²) in [7, 11) is 3.63. The molecule has 0 atom stereocenters. The Morgan fingerprint density at radius 1 is 1.24 bits per heavy atom. The minimum absolute atomic E-state index is 0.115. The lowest BCUT2D eigenvalue weighted by Gasteiger charge is -2.21. The maximum absolute atomic E-state index is 8.86. The van der Waals surface area contributed by atoms with Crippen molar-refractivity contribution in [3.05, 3.63) is 59.7 Å². The molecule has 0 bridgehead atoms. The zero-order chi connectivity index (χ0) is 15.2. The molecule has 5 nitrogen and oxygen atoms in total. The summed E-state index contributed by atoms with van der Waals surface area (Å²) in [4.78, 5) is 2.08. The second-order valence-electron chi connectivity index (χ2n) is 4.70. The van der Waals surface area contributed by atoms with E-state index in [1.807, 2.05) is 55.6 Å². The largest absolute Gasteiger partial charge is 0.497 e. The standard InChI is InChI=1S/C16H19N3O2/c1-19(13-7-5-8-14(10-13)21-2)11-12-6-3-4-9-15(12)16(17)18-20/h3-10,20H,11H2,1-2H3,(H2,17,18). The van der Waals surface area contributed by atoms with Crippen LogP contribution in [0.4, 0.5) is 5.69 Å². The summed E-state index contributed by atoms with van der Waals surface area (Å²) >= 11 is 0. The molecule has 0 saturated heterocycles. The predicted octanol–water partition coefficient (Wildman–Crippen LogP) is 2.43. The molecule has 110 valence electrons. The molecule has 0 unspecified atom stereocenters. The number of ether oxygens (including phenoxy) is 1. The van der Waals surface area contributed by atoms with Crippen molar-refractivity contribution >= 4 is 11.5 Å². The van der Waals surface area contributed by atoms with Crippen molar-refractivity contribution in [1.82, 2.24) is 0 Å². The van der Waals surface area contributed by atoms with Gasteiger partial charge in [0.2, 0.25) is 0 Å². The average molecular weight is 285 g/mol. The molecular weight excluding hydrogens is 266 g/mol. The van der Waals surface area contributed by atoms with Crippen molar-refractivity contribution in [2.24, 2.45) is 10.9 Å². The summed E-state index contributed by atoms with van der Waals surface area (Å²) < 4.78 is 5.24. The zero-order valence-electron chi connectivity index (χ0n) is 12.2. The molecule has 0 fully saturated rings. The first-order valence-electron chi connectivity index (χ1n) is 6.56. The SMILES string of the molecule is COc1cccc(N(C)Cc2ccccc2C(N)=NO)c1. The van der Waals surface area contributed by atoms with Gasteiger partial charge in [-0.1, -0.05) is 35.5 Å². The van der Waals surface area contributed by atoms with Gasteiger partial charge in [0.1, 0.15) is 5.75 Å². The summed E-state index contributed by atoms with van der Waals surface area (Å²) in [6.45, 7) is 0.638. The van der Waals surface area contributed by atoms with E-state index in [1.54, 1.807) is 7.11 Å². The number of oxime groups is 1. The Morgan fingerprint density at radius 2 is 2.00 bits per heavy atom. The van der Waals surface area contributed by atoms with Crippen LogP contribution in [0.1, 0.15) is 11.1 Å². The number of benzene rings is 2. The Bertz CT molecular complexity index is 641. The number of anilines is 1. The summed E-state index contributed by atoms with van der Waals surface area (Å²) in [6.07, 6.45) is 0. The van der Waals surface area contributed by atoms with Crippen LogP contribution in [0.2, 0.25) is 0 Å². The Hall–Kier alpha value is -2.69. The molecule has 0 radical (unpaired) electrons. The van der Waals surface area contributed by atoms with E-state index in [1.165, 1.54) is 0 Å². The van der Waals surface area contributed by atoms with Crippen LogP contribution in [0.3, 0.4) is 0 Å². The molecule has 0 saturated carbocycles. The maximum Gasteiger partial charge on any atom is 0.170 e. The third-order valence-corrected chi connectivity index (χ3v) is 3.30. The topological polar surface area (TPSA) is 71.1 Å². The van der Waals surface area contributed by atoms with Crippen molar-refractivity contribution in [2.45, 2.75) is 6.54 Å². The molecule has 0 aliphatic heterocycles. The molecule has 0 spiro atoms. The lowest BCUT2D eigenvalue weighted by Crippen LogP contribution is -2.21. The van der Waals surface area contributed by atoms with Crippen LogP contribution in [-0.4, -0.2) is 25.2 Å². The molecule has 2 aromatic carbocycles. The van der Waals surface area contributed by atoms with E-state index in [2.05, 4.69) is 10.1 Å². The van der Waals surface area contributed by atoms with Gasteiger partial charge in [0, 0.05) is 30.9 Å². The van der Waals surface area contributed by atoms with E-state index in [9.17, 15) is 0 Å². The first kappa shape index (κ1) is 14.7. The monoisotopic (exact) mass is 285 g/mol. The highest BCUT2D eigenvalue weighted by Gasteiger charge is 2.09. The quantitative estimate of drug-likeness (QED) is 0.383. The molecule has 0 aliphatic rings. The highest BCUT2D eigenvalue weighted by molar-refractivity contribution is 5.98. The van der Waals surface area contributed by atoms with Crippen molar-refractivity contribution in [3.8, 4) is 5.75 Å². The third kappa shape index (κ3) is 3.45. The summed E-state index contributed by atoms with van der Waals surface area (Å²) in [6, 6.07) is 15.4. The van der Waals surface area contributed by atoms with Gasteiger partial charge in [-0.25, -0.2) is 0 Å². The fourth-order valence-corrected chi connectivity index (χ4v) is 2.16. The second-order valence-corrected chi connectivity index (χ2v) is 4.70. The lowest BCUT2D eigenvalue weighted by molar-refractivity contribution is 0.318. The molecule has 2 aromatic rings. The fourth-order valence-electron chi connectivity index (χ4n) is 2.16. The van der Waals surface area contributed by atoms with Gasteiger partial charge >= 0.3 is 0 Å². The second kappa shape index (κ2) is 6.65. The van der Waals surface area contributed by atoms with Crippen LogP contribution in [0.25, 0.3) is 0 Å². The van der Waals surface area contributed by atoms with Gasteiger partial charge in [-0.3, -0.25) is 0 Å². The minimum atomic E-state index is 0.115. The lowest BCUT2D eigenvalue weighted by atomic mass is 10.1. The molecule has 0 aliphatic carbocycles. The van der Waals surface area contributed by atoms with E-state index < -0.39 is 0 Å². The van der Waals surface area contributed by atoms with Crippen molar-refractivity contribution in [2.75, 3.05) is 19.1 Å². The number of nitrogens with two attached hydrogens (primary N) is 1. The van der Waals surface area contributed by atoms with Gasteiger partial charge < -0.3 is 20.6 Å². The number of nitrogens with zero attached hydrogens (tertiary/aromatic N) is 2. The third-order valence-electron chi connectivity index (χ3n) is 3.30. The van der Waals surface area contributed by atoms with Gasteiger partial charge in [0.05, 0.1) is 7.11 Å². The molecule has 5 heteroatoms. The first-order chi connectivity index (χ1) is 10.2. The minimum Gasteiger partial charge on any atom is -0.497 e. The Labute approximate surface area is 124 Å². The molecule has 0 amide bonds. The van der Waals surface area contributed by atoms with Crippen LogP contribution in [0.5, 0.6) is 5.75 Å². The zero-order valence-corrected chi connectivity index (χ0v) is 12.2. The molecule has 0 aromatic heterocycles. The van der Waals surface area contributed by atoms with Gasteiger partial charge in [-0.2, -0.15) is 0 Å². The molecule has 0 heterocycles. The van der Waals surface area contributed by atoms with Crippen molar-refractivity contribution in [1.29, 1.82) is 0 Å². The fraction of sp³-hybridized carbons (Fsp3) is 0.188. The first-order valence-corrected chi connectivity index (χ1v) is 6.56. The van der Waals surface area contributed by atoms with E-state index in [4.69, 9.17) is 15.7 Å². The van der Waals surface area contributed by atoms with Crippen LogP contribution < -0.4 is 15.4 Å². The smallest absolute Gasteiger partial charge is 0.170 e. The van der Waals surface area contributed by atoms with Crippen LogP contribution in [0.15, 0.2) is 53.7 Å². The number of amidine groups is 1. The molecule has 21 heavy (non-hydrogen) atoms. The normalized spacial score (nSPS) is 11.2. The van der Waals surface area contributed by atoms with Crippen LogP contribution >= 0.6 is 0 Å². The summed E-state index contributed by atoms with van der Waals surface area (Å²) in [5.74, 6) is 0.925. The van der Waals surface area contributed by atoms with Gasteiger partial charge in [0.25, 0.3) is 0 Å². The van der Waals surface area contributed by atoms with Gasteiger partial charge in [0.15, 0.2) is 5.84 Å². The number of hydrogen-bond acceptors (Lipinski definition) is 4. The predicted molar refractivity (Wildman–Crippen MR) is 84.1 cm³/mol. The van der Waals surface area contributed by atoms with E-state index >= 15 is 0 Å². The number of rotatable bonds is 5. The molecular formula is C16H19N3O2. The van der Waals surface area contributed by atoms with Crippen molar-refractivity contribution in [3.63, 3.8) is 0 Å². The molecule has 3 N–H and O–H groups in total. The van der Waals surface area contributed by atoms with Gasteiger partial charge in [-0.15, -0.1) is 0 Å². The van der Waals surface area contributed by atoms with E-state index in [0.717, 1.165) is 22.6 Å².